The third-order valence-electron chi connectivity index (χ3n) is 3.11. The van der Waals surface area contributed by atoms with E-state index in [1.807, 2.05) is 0 Å². The van der Waals surface area contributed by atoms with Crippen LogP contribution in [0.4, 0.5) is 0 Å². The van der Waals surface area contributed by atoms with Crippen molar-refractivity contribution in [1.29, 1.82) is 0 Å². The quantitative estimate of drug-likeness (QED) is 0.869. The maximum Gasteiger partial charge on any atom is 0.273 e. The average Bonchev–Trinajstić information content (AvgIpc) is 3.11. The van der Waals surface area contributed by atoms with E-state index in [4.69, 9.17) is 8.94 Å². The van der Waals surface area contributed by atoms with Crippen LogP contribution in [0.1, 0.15) is 23.3 Å². The first-order chi connectivity index (χ1) is 9.72. The fourth-order valence-electron chi connectivity index (χ4n) is 2.03. The predicted molar refractivity (Wildman–Crippen MR) is 67.7 cm³/mol. The van der Waals surface area contributed by atoms with E-state index in [-0.39, 0.29) is 23.6 Å². The Morgan fingerprint density at radius 3 is 3.05 bits per heavy atom. The summed E-state index contributed by atoms with van der Waals surface area (Å²) in [7, 11) is 0. The van der Waals surface area contributed by atoms with Gasteiger partial charge >= 0.3 is 0 Å². The molecular formula is C13H13N3O4. The van der Waals surface area contributed by atoms with Gasteiger partial charge in [0.2, 0.25) is 11.7 Å². The van der Waals surface area contributed by atoms with E-state index >= 15 is 0 Å². The molecule has 0 aromatic carbocycles. The van der Waals surface area contributed by atoms with E-state index in [9.17, 15) is 9.59 Å². The maximum absolute atomic E-state index is 12.0. The summed E-state index contributed by atoms with van der Waals surface area (Å²) in [5.74, 6) is 0.600. The molecule has 104 valence electrons. The summed E-state index contributed by atoms with van der Waals surface area (Å²) in [6.45, 7) is 0.438. The van der Waals surface area contributed by atoms with Gasteiger partial charge in [-0.25, -0.2) is 0 Å². The molecule has 2 N–H and O–H groups in total. The first-order valence-electron chi connectivity index (χ1n) is 6.30. The Balaban J connectivity index is 1.64. The van der Waals surface area contributed by atoms with Crippen LogP contribution in [0.15, 0.2) is 33.4 Å². The molecule has 7 heteroatoms. The second kappa shape index (κ2) is 5.20. The van der Waals surface area contributed by atoms with Gasteiger partial charge in [0, 0.05) is 25.1 Å². The summed E-state index contributed by atoms with van der Waals surface area (Å²) in [4.78, 5) is 23.0. The number of nitrogens with one attached hydrogen (secondary N) is 2. The molecule has 0 bridgehead atoms. The Morgan fingerprint density at radius 1 is 1.45 bits per heavy atom. The molecule has 0 spiro atoms. The molecule has 3 rings (SSSR count). The molecule has 0 aliphatic carbocycles. The largest absolute Gasteiger partial charge is 0.461 e. The Morgan fingerprint density at radius 2 is 2.35 bits per heavy atom. The molecule has 1 aliphatic rings. The molecule has 1 fully saturated rings. The monoisotopic (exact) mass is 275 g/mol. The van der Waals surface area contributed by atoms with Crippen LogP contribution in [-0.2, 0) is 4.79 Å². The van der Waals surface area contributed by atoms with Crippen molar-refractivity contribution in [3.63, 3.8) is 0 Å². The summed E-state index contributed by atoms with van der Waals surface area (Å²) in [6, 6.07) is 4.89. The van der Waals surface area contributed by atoms with Gasteiger partial charge in [0.05, 0.1) is 6.26 Å². The number of carbonyl (C=O) groups excluding carboxylic acids is 2. The van der Waals surface area contributed by atoms with E-state index in [0.717, 1.165) is 0 Å². The minimum Gasteiger partial charge on any atom is -0.461 e. The van der Waals surface area contributed by atoms with E-state index in [1.165, 1.54) is 12.3 Å². The number of furan rings is 1. The normalized spacial score (nSPS) is 18.6. The lowest BCUT2D eigenvalue weighted by Gasteiger charge is -2.22. The first-order valence-corrected chi connectivity index (χ1v) is 6.30. The lowest BCUT2D eigenvalue weighted by atomic mass is 10.1. The molecule has 2 aromatic rings. The molecule has 2 amide bonds. The van der Waals surface area contributed by atoms with Crippen LogP contribution in [0.5, 0.6) is 0 Å². The molecule has 2 aromatic heterocycles. The van der Waals surface area contributed by atoms with Crippen LogP contribution in [0.3, 0.4) is 0 Å². The number of carbonyl (C=O) groups is 2. The topological polar surface area (TPSA) is 97.4 Å². The number of nitrogens with zero attached hydrogens (tertiary/aromatic N) is 1. The van der Waals surface area contributed by atoms with Crippen LogP contribution in [-0.4, -0.2) is 29.6 Å². The Bertz CT molecular complexity index is 607. The highest BCUT2D eigenvalue weighted by Gasteiger charge is 2.22. The molecule has 0 saturated carbocycles. The van der Waals surface area contributed by atoms with Crippen molar-refractivity contribution >= 4 is 11.8 Å². The van der Waals surface area contributed by atoms with Gasteiger partial charge in [0.25, 0.3) is 5.91 Å². The summed E-state index contributed by atoms with van der Waals surface area (Å²) >= 11 is 0. The number of piperidine rings is 1. The number of amides is 2. The van der Waals surface area contributed by atoms with Crippen molar-refractivity contribution in [3.05, 3.63) is 30.2 Å². The molecule has 7 nitrogen and oxygen atoms in total. The van der Waals surface area contributed by atoms with E-state index in [2.05, 4.69) is 15.8 Å². The highest BCUT2D eigenvalue weighted by molar-refractivity contribution is 5.93. The highest BCUT2D eigenvalue weighted by atomic mass is 16.5. The Labute approximate surface area is 114 Å². The Kier molecular flexibility index (Phi) is 3.24. The van der Waals surface area contributed by atoms with Crippen LogP contribution >= 0.6 is 0 Å². The van der Waals surface area contributed by atoms with E-state index < -0.39 is 0 Å². The van der Waals surface area contributed by atoms with Gasteiger partial charge in [-0.2, -0.15) is 0 Å². The maximum atomic E-state index is 12.0. The van der Waals surface area contributed by atoms with Crippen LogP contribution in [0, 0.1) is 0 Å². The van der Waals surface area contributed by atoms with Crippen molar-refractivity contribution in [1.82, 2.24) is 15.8 Å². The fourth-order valence-corrected chi connectivity index (χ4v) is 2.03. The smallest absolute Gasteiger partial charge is 0.273 e. The van der Waals surface area contributed by atoms with Crippen molar-refractivity contribution in [2.75, 3.05) is 6.54 Å². The summed E-state index contributed by atoms with van der Waals surface area (Å²) in [5, 5.41) is 9.23. The van der Waals surface area contributed by atoms with Crippen molar-refractivity contribution in [2.24, 2.45) is 0 Å². The van der Waals surface area contributed by atoms with Crippen LogP contribution < -0.4 is 10.6 Å². The van der Waals surface area contributed by atoms with Gasteiger partial charge in [-0.15, -0.1) is 0 Å². The van der Waals surface area contributed by atoms with Gasteiger partial charge in [-0.3, -0.25) is 9.59 Å². The average molecular weight is 275 g/mol. The predicted octanol–water partition coefficient (Wildman–Crippen LogP) is 0.943. The van der Waals surface area contributed by atoms with Crippen LogP contribution in [0.25, 0.3) is 11.5 Å². The van der Waals surface area contributed by atoms with Crippen LogP contribution in [0.2, 0.25) is 0 Å². The molecule has 20 heavy (non-hydrogen) atoms. The lowest BCUT2D eigenvalue weighted by Crippen LogP contribution is -2.47. The zero-order valence-corrected chi connectivity index (χ0v) is 10.6. The summed E-state index contributed by atoms with van der Waals surface area (Å²) < 4.78 is 10.2. The number of hydrogen-bond acceptors (Lipinski definition) is 5. The highest BCUT2D eigenvalue weighted by Crippen LogP contribution is 2.20. The number of hydrogen-bond donors (Lipinski definition) is 2. The second-order valence-corrected chi connectivity index (χ2v) is 4.57. The number of rotatable bonds is 3. The molecule has 0 radical (unpaired) electrons. The van der Waals surface area contributed by atoms with E-state index in [0.29, 0.717) is 30.9 Å². The van der Waals surface area contributed by atoms with Crippen molar-refractivity contribution in [3.8, 4) is 11.5 Å². The van der Waals surface area contributed by atoms with E-state index in [1.54, 1.807) is 12.1 Å². The van der Waals surface area contributed by atoms with Crippen molar-refractivity contribution in [2.45, 2.75) is 18.9 Å². The lowest BCUT2D eigenvalue weighted by molar-refractivity contribution is -0.122. The molecular weight excluding hydrogens is 262 g/mol. The van der Waals surface area contributed by atoms with Crippen molar-refractivity contribution < 1.29 is 18.5 Å². The molecule has 3 heterocycles. The molecule has 1 atom stereocenters. The zero-order valence-electron chi connectivity index (χ0n) is 10.6. The summed E-state index contributed by atoms with van der Waals surface area (Å²) in [6.07, 6.45) is 2.56. The third kappa shape index (κ3) is 2.56. The standard InChI is InChI=1S/C13H13N3O4/c17-12-4-3-8(7-14-12)15-13(18)9-6-11(20-16-9)10-2-1-5-19-10/h1-2,5-6,8H,3-4,7H2,(H,14,17)(H,15,18). The minimum absolute atomic E-state index is 0.0111. The minimum atomic E-state index is -0.326. The fraction of sp³-hybridized carbons (Fsp3) is 0.308. The molecule has 1 aliphatic heterocycles. The zero-order chi connectivity index (χ0) is 13.9. The van der Waals surface area contributed by atoms with Gasteiger partial charge in [0.15, 0.2) is 11.5 Å². The third-order valence-corrected chi connectivity index (χ3v) is 3.11. The van der Waals surface area contributed by atoms with Gasteiger partial charge < -0.3 is 19.6 Å². The number of aromatic nitrogens is 1. The van der Waals surface area contributed by atoms with Gasteiger partial charge in [0.1, 0.15) is 0 Å². The summed E-state index contributed by atoms with van der Waals surface area (Å²) in [5.41, 5.74) is 0.188. The molecule has 1 saturated heterocycles. The first kappa shape index (κ1) is 12.5. The SMILES string of the molecule is O=C1CCC(NC(=O)c2cc(-c3ccco3)on2)CN1. The second-order valence-electron chi connectivity index (χ2n) is 4.57. The van der Waals surface area contributed by atoms with Gasteiger partial charge in [-0.05, 0) is 18.6 Å². The van der Waals surface area contributed by atoms with Gasteiger partial charge in [-0.1, -0.05) is 5.16 Å². The molecule has 1 unspecified atom stereocenters. The Hall–Kier alpha value is -2.57.